The molecule has 2 aliphatic rings. The summed E-state index contributed by atoms with van der Waals surface area (Å²) in [4.78, 5) is 5.01. The first kappa shape index (κ1) is 12.9. The van der Waals surface area contributed by atoms with Crippen molar-refractivity contribution in [3.05, 3.63) is 0 Å². The molecular weight excluding hydrogens is 210 g/mol. The average Bonchev–Trinajstić information content (AvgIpc) is 2.41. The minimum atomic E-state index is -0.0212. The van der Waals surface area contributed by atoms with Gasteiger partial charge in [-0.05, 0) is 19.4 Å². The number of likely N-dealkylation sites (N-methyl/N-ethyl adjacent to an activating group) is 1. The van der Waals surface area contributed by atoms with Gasteiger partial charge >= 0.3 is 0 Å². The lowest BCUT2D eigenvalue weighted by molar-refractivity contribution is 0.0912. The quantitative estimate of drug-likeness (QED) is 0.750. The number of nitrogens with zero attached hydrogens (tertiary/aromatic N) is 3. The van der Waals surface area contributed by atoms with Crippen molar-refractivity contribution in [3.8, 4) is 6.07 Å². The highest BCUT2D eigenvalue weighted by molar-refractivity contribution is 5.02. The molecule has 0 N–H and O–H groups in total. The van der Waals surface area contributed by atoms with Crippen molar-refractivity contribution in [1.29, 1.82) is 5.26 Å². The SMILES string of the molecule is CCN1CCN(CC2(C#N)CCCCC2)CC1. The minimum absolute atomic E-state index is 0.0212. The third-order valence-electron chi connectivity index (χ3n) is 4.49. The highest BCUT2D eigenvalue weighted by Gasteiger charge is 2.34. The Morgan fingerprint density at radius 3 is 2.12 bits per heavy atom. The van der Waals surface area contributed by atoms with Crippen LogP contribution in [0.15, 0.2) is 0 Å². The molecule has 0 amide bonds. The van der Waals surface area contributed by atoms with E-state index < -0.39 is 0 Å². The first-order valence-electron chi connectivity index (χ1n) is 7.14. The summed E-state index contributed by atoms with van der Waals surface area (Å²) in [6.45, 7) is 9.07. The fourth-order valence-corrected chi connectivity index (χ4v) is 3.23. The van der Waals surface area contributed by atoms with E-state index in [1.165, 1.54) is 32.4 Å². The summed E-state index contributed by atoms with van der Waals surface area (Å²) >= 11 is 0. The van der Waals surface area contributed by atoms with E-state index >= 15 is 0 Å². The highest BCUT2D eigenvalue weighted by Crippen LogP contribution is 2.36. The molecule has 96 valence electrons. The van der Waals surface area contributed by atoms with Crippen LogP contribution in [0.3, 0.4) is 0 Å². The Bertz CT molecular complexity index is 268. The van der Waals surface area contributed by atoms with E-state index in [1.54, 1.807) is 0 Å². The van der Waals surface area contributed by atoms with E-state index in [-0.39, 0.29) is 5.41 Å². The smallest absolute Gasteiger partial charge is 0.0703 e. The molecule has 0 aromatic carbocycles. The highest BCUT2D eigenvalue weighted by atomic mass is 15.3. The van der Waals surface area contributed by atoms with E-state index in [9.17, 15) is 5.26 Å². The zero-order chi connectivity index (χ0) is 12.1. The second-order valence-electron chi connectivity index (χ2n) is 5.66. The monoisotopic (exact) mass is 235 g/mol. The largest absolute Gasteiger partial charge is 0.301 e. The van der Waals surface area contributed by atoms with Gasteiger partial charge in [-0.25, -0.2) is 0 Å². The van der Waals surface area contributed by atoms with Crippen LogP contribution in [-0.2, 0) is 0 Å². The zero-order valence-electron chi connectivity index (χ0n) is 11.1. The lowest BCUT2D eigenvalue weighted by atomic mass is 9.75. The molecule has 2 rings (SSSR count). The Hall–Kier alpha value is -0.590. The summed E-state index contributed by atoms with van der Waals surface area (Å²) in [5.41, 5.74) is -0.0212. The van der Waals surface area contributed by atoms with Crippen molar-refractivity contribution in [2.24, 2.45) is 5.41 Å². The fourth-order valence-electron chi connectivity index (χ4n) is 3.23. The van der Waals surface area contributed by atoms with E-state index in [0.29, 0.717) is 0 Å². The van der Waals surface area contributed by atoms with Gasteiger partial charge in [-0.3, -0.25) is 4.90 Å². The van der Waals surface area contributed by atoms with Crippen LogP contribution < -0.4 is 0 Å². The van der Waals surface area contributed by atoms with Gasteiger partial charge in [0.2, 0.25) is 0 Å². The van der Waals surface area contributed by atoms with Crippen LogP contribution in [0.2, 0.25) is 0 Å². The normalized spacial score (nSPS) is 26.6. The lowest BCUT2D eigenvalue weighted by Crippen LogP contribution is -2.49. The van der Waals surface area contributed by atoms with Crippen molar-refractivity contribution in [2.45, 2.75) is 39.0 Å². The predicted molar refractivity (Wildman–Crippen MR) is 69.7 cm³/mol. The Morgan fingerprint density at radius 2 is 1.59 bits per heavy atom. The number of piperazine rings is 1. The molecule has 0 atom stereocenters. The van der Waals surface area contributed by atoms with Crippen LogP contribution in [0.4, 0.5) is 0 Å². The van der Waals surface area contributed by atoms with Crippen LogP contribution in [0, 0.1) is 16.7 Å². The number of nitriles is 1. The molecule has 1 saturated carbocycles. The standard InChI is InChI=1S/C14H25N3/c1-2-16-8-10-17(11-9-16)13-14(12-15)6-4-3-5-7-14/h2-11,13H2,1H3. The van der Waals surface area contributed by atoms with Gasteiger partial charge in [0, 0.05) is 32.7 Å². The van der Waals surface area contributed by atoms with Crippen LogP contribution in [0.5, 0.6) is 0 Å². The Balaban J connectivity index is 1.85. The predicted octanol–water partition coefficient (Wildman–Crippen LogP) is 2.10. The van der Waals surface area contributed by atoms with Crippen molar-refractivity contribution in [3.63, 3.8) is 0 Å². The Kier molecular flexibility index (Phi) is 4.42. The topological polar surface area (TPSA) is 30.3 Å². The molecule has 1 heterocycles. The summed E-state index contributed by atoms with van der Waals surface area (Å²) in [5.74, 6) is 0. The summed E-state index contributed by atoms with van der Waals surface area (Å²) in [5, 5.41) is 9.48. The van der Waals surface area contributed by atoms with Crippen LogP contribution in [-0.4, -0.2) is 49.1 Å². The molecule has 2 fully saturated rings. The molecule has 1 aliphatic heterocycles. The fraction of sp³-hybridized carbons (Fsp3) is 0.929. The molecule has 0 unspecified atom stereocenters. The van der Waals surface area contributed by atoms with E-state index in [1.807, 2.05) is 0 Å². The van der Waals surface area contributed by atoms with E-state index in [4.69, 9.17) is 0 Å². The maximum atomic E-state index is 9.48. The molecule has 1 saturated heterocycles. The summed E-state index contributed by atoms with van der Waals surface area (Å²) in [6.07, 6.45) is 6.08. The Morgan fingerprint density at radius 1 is 1.00 bits per heavy atom. The van der Waals surface area contributed by atoms with Gasteiger partial charge < -0.3 is 4.90 Å². The van der Waals surface area contributed by atoms with E-state index in [0.717, 1.165) is 39.0 Å². The van der Waals surface area contributed by atoms with Gasteiger partial charge in [0.05, 0.1) is 11.5 Å². The average molecular weight is 235 g/mol. The van der Waals surface area contributed by atoms with Crippen molar-refractivity contribution < 1.29 is 0 Å². The third-order valence-corrected chi connectivity index (χ3v) is 4.49. The van der Waals surface area contributed by atoms with Crippen molar-refractivity contribution in [2.75, 3.05) is 39.3 Å². The third kappa shape index (κ3) is 3.20. The molecule has 0 spiro atoms. The van der Waals surface area contributed by atoms with Crippen LogP contribution >= 0.6 is 0 Å². The summed E-state index contributed by atoms with van der Waals surface area (Å²) in [6, 6.07) is 2.63. The molecule has 3 nitrogen and oxygen atoms in total. The second-order valence-corrected chi connectivity index (χ2v) is 5.66. The number of hydrogen-bond acceptors (Lipinski definition) is 3. The van der Waals surface area contributed by atoms with Gasteiger partial charge in [0.15, 0.2) is 0 Å². The maximum absolute atomic E-state index is 9.48. The van der Waals surface area contributed by atoms with E-state index in [2.05, 4.69) is 22.8 Å². The van der Waals surface area contributed by atoms with Gasteiger partial charge in [-0.2, -0.15) is 5.26 Å². The van der Waals surface area contributed by atoms with Gasteiger partial charge in [-0.15, -0.1) is 0 Å². The van der Waals surface area contributed by atoms with Gasteiger partial charge in [-0.1, -0.05) is 26.2 Å². The molecular formula is C14H25N3. The number of rotatable bonds is 3. The molecule has 1 aliphatic carbocycles. The first-order valence-corrected chi connectivity index (χ1v) is 7.14. The molecule has 17 heavy (non-hydrogen) atoms. The van der Waals surface area contributed by atoms with Crippen molar-refractivity contribution >= 4 is 0 Å². The maximum Gasteiger partial charge on any atom is 0.0703 e. The molecule has 0 aromatic rings. The van der Waals surface area contributed by atoms with Gasteiger partial charge in [0.1, 0.15) is 0 Å². The lowest BCUT2D eigenvalue weighted by Gasteiger charge is -2.40. The molecule has 0 aromatic heterocycles. The van der Waals surface area contributed by atoms with Crippen LogP contribution in [0.1, 0.15) is 39.0 Å². The van der Waals surface area contributed by atoms with Crippen LogP contribution in [0.25, 0.3) is 0 Å². The summed E-state index contributed by atoms with van der Waals surface area (Å²) < 4.78 is 0. The molecule has 0 radical (unpaired) electrons. The minimum Gasteiger partial charge on any atom is -0.301 e. The molecule has 0 bridgehead atoms. The number of hydrogen-bond donors (Lipinski definition) is 0. The second kappa shape index (κ2) is 5.84. The van der Waals surface area contributed by atoms with Gasteiger partial charge in [0.25, 0.3) is 0 Å². The molecule has 3 heteroatoms. The summed E-state index contributed by atoms with van der Waals surface area (Å²) in [7, 11) is 0. The zero-order valence-corrected chi connectivity index (χ0v) is 11.1. The Labute approximate surface area is 105 Å². The first-order chi connectivity index (χ1) is 8.28. The van der Waals surface area contributed by atoms with Crippen molar-refractivity contribution in [1.82, 2.24) is 9.80 Å².